The van der Waals surface area contributed by atoms with Gasteiger partial charge in [0.25, 0.3) is 0 Å². The first kappa shape index (κ1) is 16.7. The van der Waals surface area contributed by atoms with Crippen LogP contribution in [0.1, 0.15) is 17.6 Å². The number of hydrogen-bond acceptors (Lipinski definition) is 5. The van der Waals surface area contributed by atoms with Crippen molar-refractivity contribution < 1.29 is 12.8 Å². The van der Waals surface area contributed by atoms with E-state index in [2.05, 4.69) is 26.0 Å². The molecule has 8 heteroatoms. The van der Waals surface area contributed by atoms with Crippen LogP contribution in [0.2, 0.25) is 0 Å². The van der Waals surface area contributed by atoms with Crippen LogP contribution in [0.15, 0.2) is 37.6 Å². The summed E-state index contributed by atoms with van der Waals surface area (Å²) in [5, 5.41) is 4.90. The van der Waals surface area contributed by atoms with Gasteiger partial charge in [-0.2, -0.15) is 0 Å². The van der Waals surface area contributed by atoms with Crippen LogP contribution in [0, 0.1) is 0 Å². The molecule has 5 nitrogen and oxygen atoms in total. The van der Waals surface area contributed by atoms with E-state index >= 15 is 0 Å². The van der Waals surface area contributed by atoms with Crippen LogP contribution < -0.4 is 10.0 Å². The Labute approximate surface area is 136 Å². The zero-order chi connectivity index (χ0) is 15.5. The minimum atomic E-state index is -3.60. The molecule has 0 fully saturated rings. The van der Waals surface area contributed by atoms with Gasteiger partial charge in [0.15, 0.2) is 4.67 Å². The van der Waals surface area contributed by atoms with Crippen LogP contribution in [0.4, 0.5) is 0 Å². The summed E-state index contributed by atoms with van der Waals surface area (Å²) in [6.07, 6.45) is 0.662. The summed E-state index contributed by atoms with van der Waals surface area (Å²) < 4.78 is 33.0. The van der Waals surface area contributed by atoms with Gasteiger partial charge in [0.05, 0.1) is 6.54 Å². The van der Waals surface area contributed by atoms with Gasteiger partial charge in [-0.15, -0.1) is 11.3 Å². The molecular formula is C13H17BrN2O3S2. The van der Waals surface area contributed by atoms with Gasteiger partial charge in [0, 0.05) is 17.0 Å². The predicted molar refractivity (Wildman–Crippen MR) is 87.0 cm³/mol. The Hall–Kier alpha value is -0.670. The van der Waals surface area contributed by atoms with E-state index in [1.54, 1.807) is 18.4 Å². The van der Waals surface area contributed by atoms with Crippen LogP contribution in [-0.4, -0.2) is 21.5 Å². The Kier molecular flexibility index (Phi) is 5.61. The molecule has 0 aliphatic rings. The second-order valence-corrected chi connectivity index (χ2v) is 8.12. The zero-order valence-electron chi connectivity index (χ0n) is 11.7. The topological polar surface area (TPSA) is 71.3 Å². The molecule has 0 saturated heterocycles. The Balaban J connectivity index is 2.10. The molecule has 0 radical (unpaired) electrons. The number of nitrogens with one attached hydrogen (secondary N) is 2. The van der Waals surface area contributed by atoms with Gasteiger partial charge in [-0.05, 0) is 47.8 Å². The zero-order valence-corrected chi connectivity index (χ0v) is 14.9. The van der Waals surface area contributed by atoms with E-state index in [1.807, 2.05) is 24.4 Å². The quantitative estimate of drug-likeness (QED) is 0.759. The fraction of sp³-hybridized carbons (Fsp3) is 0.385. The summed E-state index contributed by atoms with van der Waals surface area (Å²) in [5.41, 5.74) is 0. The van der Waals surface area contributed by atoms with Crippen molar-refractivity contribution >= 4 is 37.3 Å². The minimum Gasteiger partial charge on any atom is -0.452 e. The molecule has 0 amide bonds. The van der Waals surface area contributed by atoms with Crippen LogP contribution in [0.25, 0.3) is 0 Å². The first-order valence-electron chi connectivity index (χ1n) is 6.40. The third-order valence-electron chi connectivity index (χ3n) is 2.79. The molecule has 2 aromatic rings. The first-order chi connectivity index (χ1) is 9.92. The normalized spacial score (nSPS) is 13.5. The second-order valence-electron chi connectivity index (χ2n) is 4.69. The standard InChI is InChI=1S/C13H17BrN2O3S2/c1-9(6-11-4-3-5-20-11)16-21(17,18)12-7-10(8-15-2)19-13(12)14/h3-5,7,9,15-16H,6,8H2,1-2H3. The van der Waals surface area contributed by atoms with Crippen molar-refractivity contribution in [3.8, 4) is 0 Å². The molecular weight excluding hydrogens is 376 g/mol. The molecule has 21 heavy (non-hydrogen) atoms. The average Bonchev–Trinajstić information content (AvgIpc) is 2.99. The van der Waals surface area contributed by atoms with Crippen LogP contribution in [0.3, 0.4) is 0 Å². The highest BCUT2D eigenvalue weighted by atomic mass is 79.9. The maximum Gasteiger partial charge on any atom is 0.245 e. The van der Waals surface area contributed by atoms with Crippen molar-refractivity contribution in [3.05, 3.63) is 38.9 Å². The SMILES string of the molecule is CNCc1cc(S(=O)(=O)NC(C)Cc2cccs2)c(Br)o1. The molecule has 2 heterocycles. The summed E-state index contributed by atoms with van der Waals surface area (Å²) in [6.45, 7) is 2.32. The van der Waals surface area contributed by atoms with Crippen LogP contribution in [0.5, 0.6) is 0 Å². The smallest absolute Gasteiger partial charge is 0.245 e. The highest BCUT2D eigenvalue weighted by Crippen LogP contribution is 2.26. The maximum absolute atomic E-state index is 12.4. The summed E-state index contributed by atoms with van der Waals surface area (Å²) in [5.74, 6) is 0.565. The molecule has 116 valence electrons. The highest BCUT2D eigenvalue weighted by molar-refractivity contribution is 9.10. The average molecular weight is 393 g/mol. The van der Waals surface area contributed by atoms with Crippen LogP contribution >= 0.6 is 27.3 Å². The lowest BCUT2D eigenvalue weighted by Crippen LogP contribution is -2.33. The maximum atomic E-state index is 12.4. The van der Waals surface area contributed by atoms with Gasteiger partial charge in [0.2, 0.25) is 10.0 Å². The van der Waals surface area contributed by atoms with Crippen molar-refractivity contribution in [1.82, 2.24) is 10.0 Å². The van der Waals surface area contributed by atoms with Gasteiger partial charge in [-0.25, -0.2) is 13.1 Å². The summed E-state index contributed by atoms with van der Waals surface area (Å²) in [4.78, 5) is 1.28. The van der Waals surface area contributed by atoms with Gasteiger partial charge in [0.1, 0.15) is 10.7 Å². The fourth-order valence-electron chi connectivity index (χ4n) is 1.94. The fourth-order valence-corrected chi connectivity index (χ4v) is 5.02. The molecule has 0 aliphatic carbocycles. The van der Waals surface area contributed by atoms with E-state index in [0.29, 0.717) is 18.7 Å². The molecule has 0 aromatic carbocycles. The highest BCUT2D eigenvalue weighted by Gasteiger charge is 2.24. The minimum absolute atomic E-state index is 0.130. The lowest BCUT2D eigenvalue weighted by atomic mass is 10.2. The molecule has 0 bridgehead atoms. The lowest BCUT2D eigenvalue weighted by molar-refractivity contribution is 0.469. The molecule has 2 N–H and O–H groups in total. The number of sulfonamides is 1. The van der Waals surface area contributed by atoms with Crippen molar-refractivity contribution in [2.75, 3.05) is 7.05 Å². The van der Waals surface area contributed by atoms with Crippen molar-refractivity contribution in [2.24, 2.45) is 0 Å². The first-order valence-corrected chi connectivity index (χ1v) is 9.55. The van der Waals surface area contributed by atoms with Gasteiger partial charge >= 0.3 is 0 Å². The van der Waals surface area contributed by atoms with Gasteiger partial charge < -0.3 is 9.73 Å². The third-order valence-corrected chi connectivity index (χ3v) is 6.14. The molecule has 0 saturated carbocycles. The Morgan fingerprint density at radius 2 is 2.24 bits per heavy atom. The molecule has 1 unspecified atom stereocenters. The number of rotatable bonds is 7. The van der Waals surface area contributed by atoms with Gasteiger partial charge in [-0.3, -0.25) is 0 Å². The Morgan fingerprint density at radius 3 is 2.86 bits per heavy atom. The van der Waals surface area contributed by atoms with Gasteiger partial charge in [-0.1, -0.05) is 6.07 Å². The van der Waals surface area contributed by atoms with E-state index in [-0.39, 0.29) is 15.6 Å². The number of thiophene rings is 1. The molecule has 1 atom stereocenters. The largest absolute Gasteiger partial charge is 0.452 e. The summed E-state index contributed by atoms with van der Waals surface area (Å²) >= 11 is 4.78. The lowest BCUT2D eigenvalue weighted by Gasteiger charge is -2.12. The van der Waals surface area contributed by atoms with Crippen molar-refractivity contribution in [2.45, 2.75) is 30.8 Å². The van der Waals surface area contributed by atoms with E-state index < -0.39 is 10.0 Å². The van der Waals surface area contributed by atoms with Crippen molar-refractivity contribution in [1.29, 1.82) is 0 Å². The molecule has 0 spiro atoms. The van der Waals surface area contributed by atoms with Crippen LogP contribution in [-0.2, 0) is 23.0 Å². The van der Waals surface area contributed by atoms with E-state index in [9.17, 15) is 8.42 Å². The molecule has 2 aromatic heterocycles. The molecule has 2 rings (SSSR count). The van der Waals surface area contributed by atoms with E-state index in [0.717, 1.165) is 4.88 Å². The second kappa shape index (κ2) is 7.06. The number of halogens is 1. The Bertz CT molecular complexity index is 680. The predicted octanol–water partition coefficient (Wildman–Crippen LogP) is 2.73. The Morgan fingerprint density at radius 1 is 1.48 bits per heavy atom. The monoisotopic (exact) mass is 392 g/mol. The van der Waals surface area contributed by atoms with E-state index in [1.165, 1.54) is 6.07 Å². The van der Waals surface area contributed by atoms with E-state index in [4.69, 9.17) is 4.42 Å². The summed E-state index contributed by atoms with van der Waals surface area (Å²) in [7, 11) is -1.83. The van der Waals surface area contributed by atoms with Crippen molar-refractivity contribution in [3.63, 3.8) is 0 Å². The number of furan rings is 1. The summed E-state index contributed by atoms with van der Waals surface area (Å²) in [6, 6.07) is 5.29. The molecule has 0 aliphatic heterocycles. The third kappa shape index (κ3) is 4.40. The number of hydrogen-bond donors (Lipinski definition) is 2.